The molecule has 0 aliphatic heterocycles. The van der Waals surface area contributed by atoms with Crippen LogP contribution < -0.4 is 16.6 Å². The summed E-state index contributed by atoms with van der Waals surface area (Å²) in [4.78, 5) is 0. The van der Waals surface area contributed by atoms with Crippen molar-refractivity contribution in [3.8, 4) is 0 Å². The molecule has 0 aliphatic carbocycles. The first kappa shape index (κ1) is 13.0. The van der Waals surface area contributed by atoms with E-state index in [2.05, 4.69) is 17.5 Å². The Morgan fingerprint density at radius 2 is 2.00 bits per heavy atom. The van der Waals surface area contributed by atoms with E-state index in [1.165, 1.54) is 12.1 Å². The first-order valence-electron chi connectivity index (χ1n) is 3.99. The molecule has 16 heavy (non-hydrogen) atoms. The predicted octanol–water partition coefficient (Wildman–Crippen LogP) is 2.52. The van der Waals surface area contributed by atoms with Crippen LogP contribution in [0.4, 0.5) is 18.9 Å². The number of nitrogens with two attached hydrogens (primary N) is 1. The smallest absolute Gasteiger partial charge is 0.331 e. The molecule has 3 nitrogen and oxygen atoms in total. The van der Waals surface area contributed by atoms with Gasteiger partial charge < -0.3 is 10.7 Å². The number of hydrogen-bond donors (Lipinski definition) is 3. The third-order valence-electron chi connectivity index (χ3n) is 1.67. The molecule has 0 atom stereocenters. The van der Waals surface area contributed by atoms with Crippen LogP contribution in [0.25, 0.3) is 0 Å². The topological polar surface area (TPSA) is 50.1 Å². The van der Waals surface area contributed by atoms with Gasteiger partial charge in [-0.3, -0.25) is 0 Å². The molecule has 0 radical (unpaired) electrons. The van der Waals surface area contributed by atoms with Crippen LogP contribution in [0.2, 0.25) is 5.02 Å². The summed E-state index contributed by atoms with van der Waals surface area (Å²) in [7, 11) is 0. The number of rotatable bonds is 1. The molecule has 0 amide bonds. The van der Waals surface area contributed by atoms with Crippen molar-refractivity contribution < 1.29 is 13.2 Å². The van der Waals surface area contributed by atoms with Crippen molar-refractivity contribution in [1.82, 2.24) is 5.43 Å². The van der Waals surface area contributed by atoms with Crippen molar-refractivity contribution in [2.24, 2.45) is 5.84 Å². The van der Waals surface area contributed by atoms with E-state index < -0.39 is 11.7 Å². The van der Waals surface area contributed by atoms with Gasteiger partial charge in [-0.25, -0.2) is 5.84 Å². The summed E-state index contributed by atoms with van der Waals surface area (Å²) in [6.45, 7) is 0. The Labute approximate surface area is 99.7 Å². The molecule has 0 heterocycles. The Morgan fingerprint density at radius 1 is 1.38 bits per heavy atom. The van der Waals surface area contributed by atoms with E-state index in [0.717, 1.165) is 6.07 Å². The number of halogens is 4. The predicted molar refractivity (Wildman–Crippen MR) is 60.0 cm³/mol. The number of alkyl halides is 3. The van der Waals surface area contributed by atoms with E-state index >= 15 is 0 Å². The van der Waals surface area contributed by atoms with Gasteiger partial charge in [-0.1, -0.05) is 11.6 Å². The second-order valence-electron chi connectivity index (χ2n) is 2.79. The van der Waals surface area contributed by atoms with Crippen LogP contribution in [0.5, 0.6) is 0 Å². The number of hydrogen-bond acceptors (Lipinski definition) is 2. The minimum atomic E-state index is -4.52. The zero-order valence-corrected chi connectivity index (χ0v) is 9.30. The molecule has 0 fully saturated rings. The lowest BCUT2D eigenvalue weighted by Gasteiger charge is -2.14. The largest absolute Gasteiger partial charge is 0.418 e. The highest BCUT2D eigenvalue weighted by Crippen LogP contribution is 2.36. The molecule has 0 saturated carbocycles. The van der Waals surface area contributed by atoms with Crippen molar-refractivity contribution in [2.75, 3.05) is 5.32 Å². The Balaban J connectivity index is 3.13. The van der Waals surface area contributed by atoms with Gasteiger partial charge in [0.25, 0.3) is 0 Å². The molecule has 0 saturated heterocycles. The lowest BCUT2D eigenvalue weighted by molar-refractivity contribution is -0.136. The van der Waals surface area contributed by atoms with Crippen LogP contribution in [0.1, 0.15) is 5.56 Å². The highest BCUT2D eigenvalue weighted by Gasteiger charge is 2.33. The van der Waals surface area contributed by atoms with Gasteiger partial charge in [0, 0.05) is 5.02 Å². The fourth-order valence-electron chi connectivity index (χ4n) is 1.02. The highest BCUT2D eigenvalue weighted by atomic mass is 35.5. The van der Waals surface area contributed by atoms with Crippen molar-refractivity contribution >= 4 is 34.6 Å². The Kier molecular flexibility index (Phi) is 3.95. The summed E-state index contributed by atoms with van der Waals surface area (Å²) < 4.78 is 37.8. The zero-order chi connectivity index (χ0) is 12.3. The molecule has 4 N–H and O–H groups in total. The molecule has 88 valence electrons. The lowest BCUT2D eigenvalue weighted by Crippen LogP contribution is -2.34. The Hall–Kier alpha value is -1.05. The fourth-order valence-corrected chi connectivity index (χ4v) is 1.30. The molecule has 8 heteroatoms. The van der Waals surface area contributed by atoms with E-state index in [1.54, 1.807) is 0 Å². The number of nitrogens with one attached hydrogen (secondary N) is 2. The van der Waals surface area contributed by atoms with Gasteiger partial charge in [-0.15, -0.1) is 0 Å². The lowest BCUT2D eigenvalue weighted by atomic mass is 10.1. The van der Waals surface area contributed by atoms with Crippen molar-refractivity contribution in [2.45, 2.75) is 6.18 Å². The highest BCUT2D eigenvalue weighted by molar-refractivity contribution is 7.80. The van der Waals surface area contributed by atoms with Crippen LogP contribution in [0.3, 0.4) is 0 Å². The van der Waals surface area contributed by atoms with Gasteiger partial charge in [-0.2, -0.15) is 13.2 Å². The number of anilines is 1. The van der Waals surface area contributed by atoms with Gasteiger partial charge in [0.1, 0.15) is 0 Å². The van der Waals surface area contributed by atoms with Crippen molar-refractivity contribution in [3.63, 3.8) is 0 Å². The van der Waals surface area contributed by atoms with Crippen LogP contribution in [0, 0.1) is 0 Å². The van der Waals surface area contributed by atoms with Crippen LogP contribution in [0.15, 0.2) is 18.2 Å². The van der Waals surface area contributed by atoms with Crippen molar-refractivity contribution in [3.05, 3.63) is 28.8 Å². The second kappa shape index (κ2) is 4.86. The second-order valence-corrected chi connectivity index (χ2v) is 3.63. The molecule has 0 aromatic heterocycles. The van der Waals surface area contributed by atoms with Crippen LogP contribution in [-0.2, 0) is 6.18 Å². The average molecular weight is 270 g/mol. The van der Waals surface area contributed by atoms with E-state index in [4.69, 9.17) is 17.4 Å². The maximum Gasteiger partial charge on any atom is 0.418 e. The third-order valence-corrected chi connectivity index (χ3v) is 2.12. The Morgan fingerprint density at radius 3 is 2.50 bits per heavy atom. The van der Waals surface area contributed by atoms with Gasteiger partial charge in [0.2, 0.25) is 0 Å². The zero-order valence-electron chi connectivity index (χ0n) is 7.73. The normalized spacial score (nSPS) is 11.1. The fraction of sp³-hybridized carbons (Fsp3) is 0.125. The van der Waals surface area contributed by atoms with E-state index in [0.29, 0.717) is 0 Å². The van der Waals surface area contributed by atoms with E-state index in [1.807, 2.05) is 5.43 Å². The first-order chi connectivity index (χ1) is 7.34. The summed E-state index contributed by atoms with van der Waals surface area (Å²) in [5, 5.41) is 2.18. The van der Waals surface area contributed by atoms with Gasteiger partial charge >= 0.3 is 6.18 Å². The molecular weight excluding hydrogens is 263 g/mol. The van der Waals surface area contributed by atoms with Crippen LogP contribution in [-0.4, -0.2) is 5.11 Å². The molecule has 1 rings (SSSR count). The van der Waals surface area contributed by atoms with Gasteiger partial charge in [0.15, 0.2) is 5.11 Å². The third kappa shape index (κ3) is 3.22. The number of benzene rings is 1. The summed E-state index contributed by atoms with van der Waals surface area (Å²) in [5.74, 6) is 4.95. The summed E-state index contributed by atoms with van der Waals surface area (Å²) in [6, 6.07) is 3.30. The molecule has 0 bridgehead atoms. The minimum Gasteiger partial charge on any atom is -0.331 e. The molecule has 0 unspecified atom stereocenters. The molecular formula is C8H7ClF3N3S. The van der Waals surface area contributed by atoms with E-state index in [-0.39, 0.29) is 15.8 Å². The van der Waals surface area contributed by atoms with Gasteiger partial charge in [0.05, 0.1) is 11.3 Å². The quantitative estimate of drug-likeness (QED) is 0.417. The number of thiocarbonyl (C=S) groups is 1. The SMILES string of the molecule is NNC(=S)Nc1ccc(Cl)cc1C(F)(F)F. The maximum absolute atomic E-state index is 12.6. The monoisotopic (exact) mass is 269 g/mol. The van der Waals surface area contributed by atoms with Crippen molar-refractivity contribution in [1.29, 1.82) is 0 Å². The van der Waals surface area contributed by atoms with Gasteiger partial charge in [-0.05, 0) is 30.4 Å². The number of hydrazine groups is 1. The van der Waals surface area contributed by atoms with E-state index in [9.17, 15) is 13.2 Å². The summed E-state index contributed by atoms with van der Waals surface area (Å²) >= 11 is 10.1. The summed E-state index contributed by atoms with van der Waals surface area (Å²) in [6.07, 6.45) is -4.52. The van der Waals surface area contributed by atoms with Crippen LogP contribution >= 0.6 is 23.8 Å². The molecule has 0 aliphatic rings. The molecule has 1 aromatic carbocycles. The first-order valence-corrected chi connectivity index (χ1v) is 4.77. The Bertz CT molecular complexity index is 408. The maximum atomic E-state index is 12.6. The molecule has 0 spiro atoms. The summed E-state index contributed by atoms with van der Waals surface area (Å²) in [5.41, 5.74) is 0.913. The standard InChI is InChI=1S/C8H7ClF3N3S/c9-4-1-2-6(14-7(16)15-13)5(3-4)8(10,11)12/h1-3H,13H2,(H2,14,15,16). The average Bonchev–Trinajstić information content (AvgIpc) is 2.19. The minimum absolute atomic E-state index is 0.00972. The molecule has 1 aromatic rings.